The van der Waals surface area contributed by atoms with E-state index in [-0.39, 0.29) is 17.2 Å². The number of aryl methyl sites for hydroxylation is 2. The maximum absolute atomic E-state index is 13.1. The van der Waals surface area contributed by atoms with Crippen molar-refractivity contribution in [3.8, 4) is 5.75 Å². The van der Waals surface area contributed by atoms with E-state index in [0.29, 0.717) is 0 Å². The van der Waals surface area contributed by atoms with E-state index in [1.54, 1.807) is 18.9 Å². The van der Waals surface area contributed by atoms with Crippen LogP contribution >= 0.6 is 11.8 Å². The molecule has 2 aromatic carbocycles. The van der Waals surface area contributed by atoms with Crippen LogP contribution in [0.3, 0.4) is 0 Å². The van der Waals surface area contributed by atoms with Crippen molar-refractivity contribution in [2.75, 3.05) is 13.7 Å². The molecule has 1 aliphatic heterocycles. The molecular weight excluding hydrogens is 342 g/mol. The zero-order valence-electron chi connectivity index (χ0n) is 16.0. The van der Waals surface area contributed by atoms with Gasteiger partial charge in [-0.3, -0.25) is 4.79 Å². The minimum atomic E-state index is -0.101. The van der Waals surface area contributed by atoms with Gasteiger partial charge in [-0.15, -0.1) is 11.8 Å². The SMILES string of the molecule is COc1ccc(SC(C)C(=O)N2CCCC2c2ccc(C)c(C)c2)cc1. The molecule has 26 heavy (non-hydrogen) atoms. The average molecular weight is 370 g/mol. The maximum Gasteiger partial charge on any atom is 0.236 e. The monoisotopic (exact) mass is 369 g/mol. The summed E-state index contributed by atoms with van der Waals surface area (Å²) in [5.41, 5.74) is 3.86. The van der Waals surface area contributed by atoms with E-state index in [1.165, 1.54) is 16.7 Å². The van der Waals surface area contributed by atoms with E-state index in [0.717, 1.165) is 30.0 Å². The van der Waals surface area contributed by atoms with Gasteiger partial charge in [-0.25, -0.2) is 0 Å². The Morgan fingerprint density at radius 3 is 2.54 bits per heavy atom. The molecule has 4 heteroatoms. The van der Waals surface area contributed by atoms with Crippen molar-refractivity contribution in [1.82, 2.24) is 4.90 Å². The maximum atomic E-state index is 13.1. The van der Waals surface area contributed by atoms with Crippen molar-refractivity contribution in [2.24, 2.45) is 0 Å². The number of nitrogens with zero attached hydrogens (tertiary/aromatic N) is 1. The molecule has 1 aliphatic rings. The number of thioether (sulfide) groups is 1. The molecular formula is C22H27NO2S. The highest BCUT2D eigenvalue weighted by Crippen LogP contribution is 2.35. The highest BCUT2D eigenvalue weighted by molar-refractivity contribution is 8.00. The van der Waals surface area contributed by atoms with Crippen LogP contribution in [0.15, 0.2) is 47.4 Å². The molecule has 3 nitrogen and oxygen atoms in total. The first kappa shape index (κ1) is 18.8. The molecule has 0 radical (unpaired) electrons. The van der Waals surface area contributed by atoms with E-state index in [2.05, 4.69) is 36.9 Å². The summed E-state index contributed by atoms with van der Waals surface area (Å²) in [6, 6.07) is 14.7. The van der Waals surface area contributed by atoms with E-state index in [4.69, 9.17) is 4.74 Å². The number of hydrogen-bond acceptors (Lipinski definition) is 3. The van der Waals surface area contributed by atoms with Crippen molar-refractivity contribution < 1.29 is 9.53 Å². The molecule has 1 amide bonds. The fraction of sp³-hybridized carbons (Fsp3) is 0.409. The second-order valence-electron chi connectivity index (χ2n) is 6.97. The first-order valence-corrected chi connectivity index (χ1v) is 10.1. The van der Waals surface area contributed by atoms with Gasteiger partial charge in [0.05, 0.1) is 18.4 Å². The third-order valence-corrected chi connectivity index (χ3v) is 6.27. The molecule has 0 N–H and O–H groups in total. The van der Waals surface area contributed by atoms with Gasteiger partial charge >= 0.3 is 0 Å². The van der Waals surface area contributed by atoms with E-state index >= 15 is 0 Å². The molecule has 2 aromatic rings. The topological polar surface area (TPSA) is 29.5 Å². The van der Waals surface area contributed by atoms with E-state index < -0.39 is 0 Å². The highest BCUT2D eigenvalue weighted by Gasteiger charge is 2.32. The van der Waals surface area contributed by atoms with Crippen LogP contribution in [0.5, 0.6) is 5.75 Å². The Kier molecular flexibility index (Phi) is 5.92. The number of hydrogen-bond donors (Lipinski definition) is 0. The quantitative estimate of drug-likeness (QED) is 0.682. The second kappa shape index (κ2) is 8.17. The van der Waals surface area contributed by atoms with Gasteiger partial charge in [0.15, 0.2) is 0 Å². The van der Waals surface area contributed by atoms with Gasteiger partial charge in [0.25, 0.3) is 0 Å². The fourth-order valence-corrected chi connectivity index (χ4v) is 4.43. The number of ether oxygens (including phenoxy) is 1. The van der Waals surface area contributed by atoms with Gasteiger partial charge in [-0.05, 0) is 74.6 Å². The number of benzene rings is 2. The summed E-state index contributed by atoms with van der Waals surface area (Å²) in [7, 11) is 1.66. The number of amides is 1. The largest absolute Gasteiger partial charge is 0.497 e. The Labute approximate surface area is 160 Å². The molecule has 0 aliphatic carbocycles. The summed E-state index contributed by atoms with van der Waals surface area (Å²) < 4.78 is 5.20. The van der Waals surface area contributed by atoms with Crippen molar-refractivity contribution >= 4 is 17.7 Å². The van der Waals surface area contributed by atoms with Crippen LogP contribution in [0.25, 0.3) is 0 Å². The van der Waals surface area contributed by atoms with Gasteiger partial charge in [0.1, 0.15) is 5.75 Å². The summed E-state index contributed by atoms with van der Waals surface area (Å²) in [5.74, 6) is 1.06. The Hall–Kier alpha value is -1.94. The number of carbonyl (C=O) groups excluding carboxylic acids is 1. The number of likely N-dealkylation sites (tertiary alicyclic amines) is 1. The number of methoxy groups -OCH3 is 1. The second-order valence-corrected chi connectivity index (χ2v) is 8.38. The van der Waals surface area contributed by atoms with Gasteiger partial charge in [0.2, 0.25) is 5.91 Å². The lowest BCUT2D eigenvalue weighted by Gasteiger charge is -2.28. The summed E-state index contributed by atoms with van der Waals surface area (Å²) in [6.45, 7) is 7.13. The zero-order valence-corrected chi connectivity index (χ0v) is 16.8. The molecule has 0 bridgehead atoms. The Balaban J connectivity index is 1.71. The van der Waals surface area contributed by atoms with Crippen LogP contribution in [-0.2, 0) is 4.79 Å². The van der Waals surface area contributed by atoms with Crippen LogP contribution in [0.2, 0.25) is 0 Å². The third-order valence-electron chi connectivity index (χ3n) is 5.17. The summed E-state index contributed by atoms with van der Waals surface area (Å²) in [6.07, 6.45) is 2.12. The van der Waals surface area contributed by atoms with Gasteiger partial charge < -0.3 is 9.64 Å². The van der Waals surface area contributed by atoms with E-state index in [1.807, 2.05) is 31.2 Å². The lowest BCUT2D eigenvalue weighted by atomic mass is 9.99. The fourth-order valence-electron chi connectivity index (χ4n) is 3.49. The summed E-state index contributed by atoms with van der Waals surface area (Å²) in [5, 5.41) is -0.101. The standard InChI is InChI=1S/C22H27NO2S/c1-15-7-8-18(14-16(15)2)21-6-5-13-23(21)22(24)17(3)26-20-11-9-19(25-4)10-12-20/h7-12,14,17,21H,5-6,13H2,1-4H3. The van der Waals surface area contributed by atoms with E-state index in [9.17, 15) is 4.79 Å². The van der Waals surface area contributed by atoms with Crippen molar-refractivity contribution in [2.45, 2.75) is 49.8 Å². The molecule has 0 saturated carbocycles. The molecule has 2 atom stereocenters. The predicted molar refractivity (Wildman–Crippen MR) is 108 cm³/mol. The van der Waals surface area contributed by atoms with Gasteiger partial charge in [0, 0.05) is 11.4 Å². The lowest BCUT2D eigenvalue weighted by Crippen LogP contribution is -2.36. The lowest BCUT2D eigenvalue weighted by molar-refractivity contribution is -0.131. The van der Waals surface area contributed by atoms with Crippen LogP contribution in [0.4, 0.5) is 0 Å². The van der Waals surface area contributed by atoms with Crippen molar-refractivity contribution in [1.29, 1.82) is 0 Å². The van der Waals surface area contributed by atoms with Gasteiger partial charge in [-0.1, -0.05) is 18.2 Å². The Bertz CT molecular complexity index is 772. The smallest absolute Gasteiger partial charge is 0.236 e. The number of carbonyl (C=O) groups is 1. The van der Waals surface area contributed by atoms with Crippen molar-refractivity contribution in [3.05, 3.63) is 59.2 Å². The highest BCUT2D eigenvalue weighted by atomic mass is 32.2. The molecule has 138 valence electrons. The predicted octanol–water partition coefficient (Wildman–Crippen LogP) is 5.16. The molecule has 1 fully saturated rings. The van der Waals surface area contributed by atoms with Crippen LogP contribution < -0.4 is 4.74 Å². The Morgan fingerprint density at radius 1 is 1.15 bits per heavy atom. The minimum absolute atomic E-state index is 0.101. The normalized spacial score (nSPS) is 18.0. The summed E-state index contributed by atoms with van der Waals surface area (Å²) >= 11 is 1.61. The van der Waals surface area contributed by atoms with Crippen LogP contribution in [0, 0.1) is 13.8 Å². The van der Waals surface area contributed by atoms with Crippen LogP contribution in [0.1, 0.15) is 42.5 Å². The Morgan fingerprint density at radius 2 is 1.88 bits per heavy atom. The third kappa shape index (κ3) is 4.07. The molecule has 1 heterocycles. The minimum Gasteiger partial charge on any atom is -0.497 e. The zero-order chi connectivity index (χ0) is 18.7. The van der Waals surface area contributed by atoms with Gasteiger partial charge in [-0.2, -0.15) is 0 Å². The average Bonchev–Trinajstić information content (AvgIpc) is 3.13. The molecule has 3 rings (SSSR count). The first-order valence-electron chi connectivity index (χ1n) is 9.18. The van der Waals surface area contributed by atoms with Crippen LogP contribution in [-0.4, -0.2) is 29.7 Å². The van der Waals surface area contributed by atoms with Crippen molar-refractivity contribution in [3.63, 3.8) is 0 Å². The molecule has 2 unspecified atom stereocenters. The number of rotatable bonds is 5. The molecule has 1 saturated heterocycles. The first-order chi connectivity index (χ1) is 12.5. The molecule has 0 spiro atoms. The molecule has 0 aromatic heterocycles. The summed E-state index contributed by atoms with van der Waals surface area (Å²) in [4.78, 5) is 16.3.